The molecule has 1 saturated carbocycles. The zero-order chi connectivity index (χ0) is 20.4. The van der Waals surface area contributed by atoms with Crippen molar-refractivity contribution in [3.8, 4) is 0 Å². The van der Waals surface area contributed by atoms with Gasteiger partial charge in [-0.1, -0.05) is 38.3 Å². The van der Waals surface area contributed by atoms with Gasteiger partial charge in [0, 0.05) is 12.6 Å². The van der Waals surface area contributed by atoms with Crippen LogP contribution in [0.3, 0.4) is 0 Å². The van der Waals surface area contributed by atoms with E-state index < -0.39 is 11.9 Å². The Hall–Kier alpha value is -2.48. The van der Waals surface area contributed by atoms with Crippen LogP contribution in [0, 0.1) is 5.82 Å². The second-order valence-corrected chi connectivity index (χ2v) is 7.06. The zero-order valence-electron chi connectivity index (χ0n) is 16.3. The first-order valence-electron chi connectivity index (χ1n) is 9.80. The molecule has 2 rings (SSSR count). The van der Waals surface area contributed by atoms with Crippen LogP contribution in [-0.4, -0.2) is 48.4 Å². The number of likely N-dealkylation sites (N-methyl/N-ethyl adjacent to an activating group) is 1. The van der Waals surface area contributed by atoms with Crippen LogP contribution in [0.1, 0.15) is 44.6 Å². The molecule has 1 aromatic carbocycles. The average Bonchev–Trinajstić information content (AvgIpc) is 2.67. The van der Waals surface area contributed by atoms with Gasteiger partial charge in [-0.2, -0.15) is 0 Å². The minimum Gasteiger partial charge on any atom is -0.351 e. The van der Waals surface area contributed by atoms with Crippen molar-refractivity contribution in [2.75, 3.05) is 19.6 Å². The Bertz CT molecular complexity index is 660. The summed E-state index contributed by atoms with van der Waals surface area (Å²) in [7, 11) is 0. The third kappa shape index (κ3) is 8.04. The SMILES string of the molecule is CCN(CC(=O)NCc1ccc(F)cc1)CC(=O)NC(=O)NC1CCCCC1. The lowest BCUT2D eigenvalue weighted by Crippen LogP contribution is -2.49. The summed E-state index contributed by atoms with van der Waals surface area (Å²) in [5.41, 5.74) is 0.787. The van der Waals surface area contributed by atoms with Crippen LogP contribution in [0.4, 0.5) is 9.18 Å². The van der Waals surface area contributed by atoms with Crippen LogP contribution in [0.25, 0.3) is 0 Å². The smallest absolute Gasteiger partial charge is 0.321 e. The van der Waals surface area contributed by atoms with Crippen molar-refractivity contribution in [2.45, 2.75) is 51.6 Å². The Labute approximate surface area is 165 Å². The minimum absolute atomic E-state index is 0.0371. The van der Waals surface area contributed by atoms with Crippen molar-refractivity contribution in [3.05, 3.63) is 35.6 Å². The van der Waals surface area contributed by atoms with Crippen LogP contribution < -0.4 is 16.0 Å². The third-order valence-corrected chi connectivity index (χ3v) is 4.78. The maximum absolute atomic E-state index is 12.9. The molecule has 7 nitrogen and oxygen atoms in total. The fourth-order valence-corrected chi connectivity index (χ4v) is 3.18. The van der Waals surface area contributed by atoms with E-state index in [0.29, 0.717) is 6.54 Å². The van der Waals surface area contributed by atoms with Gasteiger partial charge in [0.25, 0.3) is 0 Å². The summed E-state index contributed by atoms with van der Waals surface area (Å²) in [6.07, 6.45) is 5.26. The predicted molar refractivity (Wildman–Crippen MR) is 104 cm³/mol. The lowest BCUT2D eigenvalue weighted by Gasteiger charge is -2.23. The lowest BCUT2D eigenvalue weighted by molar-refractivity contribution is -0.124. The van der Waals surface area contributed by atoms with Crippen LogP contribution >= 0.6 is 0 Å². The van der Waals surface area contributed by atoms with E-state index in [0.717, 1.165) is 31.2 Å². The molecule has 4 amide bonds. The standard InChI is InChI=1S/C20H29FN4O3/c1-2-25(13-18(26)22-12-15-8-10-16(21)11-9-15)14-19(27)24-20(28)23-17-6-4-3-5-7-17/h8-11,17H,2-7,12-14H2,1H3,(H,22,26)(H2,23,24,27,28). The number of amides is 4. The molecule has 1 aliphatic carbocycles. The molecule has 0 atom stereocenters. The van der Waals surface area contributed by atoms with Gasteiger partial charge in [-0.25, -0.2) is 9.18 Å². The van der Waals surface area contributed by atoms with Gasteiger partial charge in [0.05, 0.1) is 13.1 Å². The Kier molecular flexibility index (Phi) is 8.87. The van der Waals surface area contributed by atoms with Crippen LogP contribution in [0.2, 0.25) is 0 Å². The summed E-state index contributed by atoms with van der Waals surface area (Å²) < 4.78 is 12.9. The first-order valence-corrected chi connectivity index (χ1v) is 9.80. The van der Waals surface area contributed by atoms with E-state index in [-0.39, 0.29) is 37.4 Å². The molecule has 1 aromatic rings. The number of nitrogens with one attached hydrogen (secondary N) is 3. The number of hydrogen-bond acceptors (Lipinski definition) is 4. The van der Waals surface area contributed by atoms with Crippen molar-refractivity contribution in [2.24, 2.45) is 0 Å². The number of carbonyl (C=O) groups is 3. The molecule has 1 aliphatic rings. The molecule has 8 heteroatoms. The molecular weight excluding hydrogens is 363 g/mol. The molecule has 0 unspecified atom stereocenters. The maximum atomic E-state index is 12.9. The van der Waals surface area contributed by atoms with Crippen molar-refractivity contribution < 1.29 is 18.8 Å². The van der Waals surface area contributed by atoms with E-state index in [1.807, 2.05) is 6.92 Å². The average molecular weight is 392 g/mol. The van der Waals surface area contributed by atoms with Gasteiger partial charge >= 0.3 is 6.03 Å². The van der Waals surface area contributed by atoms with E-state index in [2.05, 4.69) is 16.0 Å². The van der Waals surface area contributed by atoms with E-state index in [4.69, 9.17) is 0 Å². The molecule has 1 fully saturated rings. The summed E-state index contributed by atoms with van der Waals surface area (Å²) in [4.78, 5) is 37.7. The normalized spacial score (nSPS) is 14.5. The topological polar surface area (TPSA) is 90.5 Å². The van der Waals surface area contributed by atoms with Crippen molar-refractivity contribution >= 4 is 17.8 Å². The van der Waals surface area contributed by atoms with E-state index in [1.165, 1.54) is 18.6 Å². The van der Waals surface area contributed by atoms with E-state index >= 15 is 0 Å². The first kappa shape index (κ1) is 21.8. The summed E-state index contributed by atoms with van der Waals surface area (Å²) in [6.45, 7) is 2.60. The van der Waals surface area contributed by atoms with Crippen molar-refractivity contribution in [1.29, 1.82) is 0 Å². The van der Waals surface area contributed by atoms with Crippen molar-refractivity contribution in [3.63, 3.8) is 0 Å². The van der Waals surface area contributed by atoms with Gasteiger partial charge in [0.15, 0.2) is 0 Å². The third-order valence-electron chi connectivity index (χ3n) is 4.78. The molecule has 3 N–H and O–H groups in total. The molecule has 0 heterocycles. The number of carbonyl (C=O) groups excluding carboxylic acids is 3. The van der Waals surface area contributed by atoms with E-state index in [1.54, 1.807) is 17.0 Å². The predicted octanol–water partition coefficient (Wildman–Crippen LogP) is 1.92. The van der Waals surface area contributed by atoms with Crippen LogP contribution in [0.15, 0.2) is 24.3 Å². The summed E-state index contributed by atoms with van der Waals surface area (Å²) >= 11 is 0. The Morgan fingerprint density at radius 1 is 1.04 bits per heavy atom. The molecule has 0 bridgehead atoms. The number of rotatable bonds is 8. The van der Waals surface area contributed by atoms with Crippen LogP contribution in [-0.2, 0) is 16.1 Å². The highest BCUT2D eigenvalue weighted by Crippen LogP contribution is 2.17. The van der Waals surface area contributed by atoms with Crippen LogP contribution in [0.5, 0.6) is 0 Å². The summed E-state index contributed by atoms with van der Waals surface area (Å²) in [5, 5.41) is 7.90. The number of halogens is 1. The fraction of sp³-hybridized carbons (Fsp3) is 0.550. The largest absolute Gasteiger partial charge is 0.351 e. The summed E-state index contributed by atoms with van der Waals surface area (Å²) in [6, 6.07) is 5.53. The number of nitrogens with zero attached hydrogens (tertiary/aromatic N) is 1. The minimum atomic E-state index is -0.478. The molecule has 154 valence electrons. The Morgan fingerprint density at radius 3 is 2.32 bits per heavy atom. The number of hydrogen-bond donors (Lipinski definition) is 3. The highest BCUT2D eigenvalue weighted by atomic mass is 19.1. The zero-order valence-corrected chi connectivity index (χ0v) is 16.3. The molecule has 0 saturated heterocycles. The molecular formula is C20H29FN4O3. The quantitative estimate of drug-likeness (QED) is 0.630. The Balaban J connectivity index is 1.69. The number of urea groups is 1. The van der Waals surface area contributed by atoms with Gasteiger partial charge in [-0.05, 0) is 37.1 Å². The molecule has 28 heavy (non-hydrogen) atoms. The Morgan fingerprint density at radius 2 is 1.68 bits per heavy atom. The highest BCUT2D eigenvalue weighted by molar-refractivity contribution is 5.95. The monoisotopic (exact) mass is 392 g/mol. The maximum Gasteiger partial charge on any atom is 0.321 e. The van der Waals surface area contributed by atoms with Crippen molar-refractivity contribution in [1.82, 2.24) is 20.9 Å². The highest BCUT2D eigenvalue weighted by Gasteiger charge is 2.18. The van der Waals surface area contributed by atoms with Gasteiger partial charge < -0.3 is 10.6 Å². The second kappa shape index (κ2) is 11.4. The molecule has 0 aromatic heterocycles. The first-order chi connectivity index (χ1) is 13.5. The van der Waals surface area contributed by atoms with Gasteiger partial charge in [0.1, 0.15) is 5.82 Å². The number of imide groups is 1. The molecule has 0 aliphatic heterocycles. The molecule has 0 spiro atoms. The molecule has 0 radical (unpaired) electrons. The second-order valence-electron chi connectivity index (χ2n) is 7.06. The summed E-state index contributed by atoms with van der Waals surface area (Å²) in [5.74, 6) is -1.02. The van der Waals surface area contributed by atoms with E-state index in [9.17, 15) is 18.8 Å². The van der Waals surface area contributed by atoms with Gasteiger partial charge in [-0.15, -0.1) is 0 Å². The lowest BCUT2D eigenvalue weighted by atomic mass is 9.96. The van der Waals surface area contributed by atoms with Gasteiger partial charge in [0.2, 0.25) is 11.8 Å². The number of benzene rings is 1. The van der Waals surface area contributed by atoms with Gasteiger partial charge in [-0.3, -0.25) is 19.8 Å². The fourth-order valence-electron chi connectivity index (χ4n) is 3.18.